The largest absolute Gasteiger partial charge is 0.506 e. The average Bonchev–Trinajstić information content (AvgIpc) is 3.02. The lowest BCUT2D eigenvalue weighted by molar-refractivity contribution is 0.319. The van der Waals surface area contributed by atoms with Crippen molar-refractivity contribution in [1.82, 2.24) is 4.98 Å². The first-order valence-corrected chi connectivity index (χ1v) is 18.2. The zero-order chi connectivity index (χ0) is 34.8. The molecule has 246 valence electrons. The molecule has 0 unspecified atom stereocenters. The van der Waals surface area contributed by atoms with Gasteiger partial charge in [-0.05, 0) is 29.7 Å². The predicted molar refractivity (Wildman–Crippen MR) is 174 cm³/mol. The number of rotatable bonds is 8. The average molecular weight is 711 g/mol. The van der Waals surface area contributed by atoms with Gasteiger partial charge in [-0.15, -0.1) is 0 Å². The van der Waals surface area contributed by atoms with Gasteiger partial charge in [0.1, 0.15) is 15.6 Å². The number of hydrogen-bond acceptors (Lipinski definition) is 12. The molecule has 17 heteroatoms. The summed E-state index contributed by atoms with van der Waals surface area (Å²) >= 11 is 0. The van der Waals surface area contributed by atoms with Crippen LogP contribution in [-0.2, 0) is 30.1 Å². The summed E-state index contributed by atoms with van der Waals surface area (Å²) in [7, 11) is -14.5. The van der Waals surface area contributed by atoms with E-state index in [-0.39, 0.29) is 32.2 Å². The summed E-state index contributed by atoms with van der Waals surface area (Å²) in [6, 6.07) is 16.8. The van der Waals surface area contributed by atoms with Crippen LogP contribution < -0.4 is 21.5 Å². The van der Waals surface area contributed by atoms with E-state index in [1.807, 2.05) is 0 Å². The molecular weight excluding hydrogens is 689 g/mol. The lowest BCUT2D eigenvalue weighted by atomic mass is 9.96. The smallest absolute Gasteiger partial charge is 0.296 e. The van der Waals surface area contributed by atoms with Crippen LogP contribution in [0.15, 0.2) is 103 Å². The SMILES string of the molecule is O=c1nc2c(S(=O)(=O)O)cc(Nc3cc(S(=O)(=O)CCO)ccc3S(=O)(=O)O)c3c2=c(c1=C(O)c1ccccc1)c1ccccc1c3=O. The first-order chi connectivity index (χ1) is 22.5. The quantitative estimate of drug-likeness (QED) is 0.141. The van der Waals surface area contributed by atoms with Crippen molar-refractivity contribution < 1.29 is 44.6 Å². The minimum absolute atomic E-state index is 0.0176. The number of nitrogens with one attached hydrogen (secondary N) is 1. The molecule has 6 rings (SSSR count). The van der Waals surface area contributed by atoms with Crippen LogP contribution in [0.2, 0.25) is 0 Å². The number of anilines is 2. The van der Waals surface area contributed by atoms with Gasteiger partial charge in [0.15, 0.2) is 15.3 Å². The molecule has 0 amide bonds. The lowest BCUT2D eigenvalue weighted by Crippen LogP contribution is -2.33. The fourth-order valence-corrected chi connectivity index (χ4v) is 7.93. The Morgan fingerprint density at radius 3 is 1.98 bits per heavy atom. The highest BCUT2D eigenvalue weighted by molar-refractivity contribution is 7.91. The van der Waals surface area contributed by atoms with Crippen molar-refractivity contribution >= 4 is 68.9 Å². The Labute approximate surface area is 270 Å². The second-order valence-electron chi connectivity index (χ2n) is 10.6. The minimum Gasteiger partial charge on any atom is -0.506 e. The van der Waals surface area contributed by atoms with E-state index in [0.29, 0.717) is 6.07 Å². The van der Waals surface area contributed by atoms with E-state index >= 15 is 0 Å². The van der Waals surface area contributed by atoms with Crippen LogP contribution in [0.25, 0.3) is 27.4 Å². The highest BCUT2D eigenvalue weighted by Gasteiger charge is 2.27. The predicted octanol–water partition coefficient (Wildman–Crippen LogP) is 1.71. The first-order valence-electron chi connectivity index (χ1n) is 13.7. The summed E-state index contributed by atoms with van der Waals surface area (Å²) in [6.07, 6.45) is 0. The van der Waals surface area contributed by atoms with E-state index in [0.717, 1.165) is 18.2 Å². The van der Waals surface area contributed by atoms with Gasteiger partial charge in [0.2, 0.25) is 0 Å². The molecule has 0 saturated carbocycles. The van der Waals surface area contributed by atoms with Gasteiger partial charge in [0, 0.05) is 21.4 Å². The normalized spacial score (nSPS) is 13.3. The molecule has 0 radical (unpaired) electrons. The molecular formula is C31H22N2O12S3. The van der Waals surface area contributed by atoms with Gasteiger partial charge in [0.25, 0.3) is 25.8 Å². The summed E-state index contributed by atoms with van der Waals surface area (Å²) in [6.45, 7) is -0.780. The molecule has 2 aliphatic rings. The molecule has 0 bridgehead atoms. The molecule has 0 aromatic heterocycles. The van der Waals surface area contributed by atoms with Crippen LogP contribution >= 0.6 is 0 Å². The standard InChI is InChI=1S/C31H22N2O12S3/c34-12-13-46(38,39)17-10-11-22(47(40,41)42)20(14-17)32-21-15-23(48(43,44)45)28-26-24(18-8-4-5-9-19(18)30(36)25(21)26)27(31(37)33-28)29(35)16-6-2-1-3-7-16/h1-11,14-15,32,34-35H,12-13H2,(H,40,41,42)(H,43,44,45). The number of hydrogen-bond donors (Lipinski definition) is 5. The summed E-state index contributed by atoms with van der Waals surface area (Å²) in [5.74, 6) is -1.32. The molecule has 48 heavy (non-hydrogen) atoms. The van der Waals surface area contributed by atoms with Crippen molar-refractivity contribution in [2.75, 3.05) is 17.7 Å². The fourth-order valence-electron chi connectivity index (χ4n) is 5.59. The number of fused-ring (bicyclic) bond motifs is 2. The van der Waals surface area contributed by atoms with E-state index in [2.05, 4.69) is 10.3 Å². The van der Waals surface area contributed by atoms with Crippen LogP contribution in [0.3, 0.4) is 0 Å². The molecule has 0 fully saturated rings. The number of benzene rings is 4. The third-order valence-electron chi connectivity index (χ3n) is 7.64. The summed E-state index contributed by atoms with van der Waals surface area (Å²) in [4.78, 5) is 29.3. The summed E-state index contributed by atoms with van der Waals surface area (Å²) in [5.41, 5.74) is -3.48. The Balaban J connectivity index is 1.89. The monoisotopic (exact) mass is 710 g/mol. The van der Waals surface area contributed by atoms with Crippen molar-refractivity contribution in [1.29, 1.82) is 0 Å². The molecule has 0 saturated heterocycles. The van der Waals surface area contributed by atoms with E-state index in [4.69, 9.17) is 0 Å². The fraction of sp³-hybridized carbons (Fsp3) is 0.0645. The van der Waals surface area contributed by atoms with E-state index in [1.165, 1.54) is 36.4 Å². The van der Waals surface area contributed by atoms with Crippen molar-refractivity contribution in [3.05, 3.63) is 121 Å². The molecule has 1 aliphatic heterocycles. The second kappa shape index (κ2) is 11.6. The van der Waals surface area contributed by atoms with Crippen LogP contribution in [0.5, 0.6) is 0 Å². The zero-order valence-electron chi connectivity index (χ0n) is 24.1. The van der Waals surface area contributed by atoms with Gasteiger partial charge in [-0.1, -0.05) is 54.6 Å². The van der Waals surface area contributed by atoms with Crippen molar-refractivity contribution in [3.8, 4) is 0 Å². The first kappa shape index (κ1) is 32.9. The maximum Gasteiger partial charge on any atom is 0.296 e. The van der Waals surface area contributed by atoms with E-state index < -0.39 is 96.0 Å². The minimum atomic E-state index is -5.25. The maximum absolute atomic E-state index is 14.2. The Hall–Kier alpha value is -5.04. The Kier molecular flexibility index (Phi) is 7.94. The van der Waals surface area contributed by atoms with Crippen LogP contribution in [0, 0.1) is 10.4 Å². The lowest BCUT2D eigenvalue weighted by Gasteiger charge is -2.17. The van der Waals surface area contributed by atoms with Gasteiger partial charge >= 0.3 is 0 Å². The maximum atomic E-state index is 14.2. The van der Waals surface area contributed by atoms with Gasteiger partial charge in [-0.3, -0.25) is 18.7 Å². The van der Waals surface area contributed by atoms with Crippen molar-refractivity contribution in [3.63, 3.8) is 0 Å². The van der Waals surface area contributed by atoms with Gasteiger partial charge in [-0.2, -0.15) is 16.8 Å². The molecule has 0 atom stereocenters. The van der Waals surface area contributed by atoms with Crippen molar-refractivity contribution in [2.24, 2.45) is 0 Å². The number of aromatic nitrogens is 1. The molecule has 1 aliphatic carbocycles. The van der Waals surface area contributed by atoms with Gasteiger partial charge in [-0.25, -0.2) is 13.4 Å². The topological polar surface area (TPSA) is 242 Å². The Morgan fingerprint density at radius 1 is 0.729 bits per heavy atom. The summed E-state index contributed by atoms with van der Waals surface area (Å²) < 4.78 is 95.9. The molecule has 4 aromatic carbocycles. The van der Waals surface area contributed by atoms with E-state index in [9.17, 15) is 54.2 Å². The van der Waals surface area contributed by atoms with E-state index in [1.54, 1.807) is 18.2 Å². The Morgan fingerprint density at radius 2 is 1.35 bits per heavy atom. The number of aliphatic hydroxyl groups excluding tert-OH is 2. The number of nitrogens with zero attached hydrogens (tertiary/aromatic N) is 1. The summed E-state index contributed by atoms with van der Waals surface area (Å²) in [5, 5.41) is 22.0. The van der Waals surface area contributed by atoms with Crippen LogP contribution in [-0.4, -0.2) is 61.9 Å². The third-order valence-corrected chi connectivity index (χ3v) is 11.1. The third kappa shape index (κ3) is 5.51. The molecule has 5 N–H and O–H groups in total. The molecule has 14 nitrogen and oxygen atoms in total. The van der Waals surface area contributed by atoms with Gasteiger partial charge in [0.05, 0.1) is 44.8 Å². The van der Waals surface area contributed by atoms with Gasteiger partial charge < -0.3 is 15.5 Å². The number of aliphatic hydroxyl groups is 2. The highest BCUT2D eigenvalue weighted by Crippen LogP contribution is 2.34. The molecule has 1 heterocycles. The van der Waals surface area contributed by atoms with Crippen LogP contribution in [0.4, 0.5) is 11.4 Å². The Bertz CT molecular complexity index is 2880. The van der Waals surface area contributed by atoms with Crippen LogP contribution in [0.1, 0.15) is 5.56 Å². The number of sulfone groups is 1. The highest BCUT2D eigenvalue weighted by atomic mass is 32.2. The second-order valence-corrected chi connectivity index (χ2v) is 15.4. The molecule has 4 aromatic rings. The zero-order valence-corrected chi connectivity index (χ0v) is 26.6. The van der Waals surface area contributed by atoms with Crippen molar-refractivity contribution in [2.45, 2.75) is 14.7 Å². The molecule has 0 spiro atoms.